The van der Waals surface area contributed by atoms with Gasteiger partial charge >= 0.3 is 5.69 Å². The molecule has 1 saturated heterocycles. The van der Waals surface area contributed by atoms with Gasteiger partial charge < -0.3 is 34.2 Å². The van der Waals surface area contributed by atoms with Crippen LogP contribution in [0.25, 0.3) is 0 Å². The number of rotatable bonds is 8. The van der Waals surface area contributed by atoms with E-state index in [-0.39, 0.29) is 6.54 Å². The van der Waals surface area contributed by atoms with Crippen LogP contribution >= 0.6 is 15.6 Å². The van der Waals surface area contributed by atoms with Crippen LogP contribution in [0.5, 0.6) is 0 Å². The van der Waals surface area contributed by atoms with E-state index in [1.165, 1.54) is 6.20 Å². The third-order valence-corrected chi connectivity index (χ3v) is 6.44. The van der Waals surface area contributed by atoms with Gasteiger partial charge in [-0.15, -0.1) is 0 Å². The Labute approximate surface area is 178 Å². The number of aromatic nitrogens is 3. The number of nitrogens with zero attached hydrogens (tertiary/aromatic N) is 3. The van der Waals surface area contributed by atoms with Gasteiger partial charge in [-0.3, -0.25) is 28.0 Å². The molecule has 0 spiro atoms. The minimum Gasteiger partial charge on any atom is -0.756 e. The van der Waals surface area contributed by atoms with E-state index in [4.69, 9.17) is 9.63 Å². The van der Waals surface area contributed by atoms with Gasteiger partial charge in [0.05, 0.1) is 18.8 Å². The van der Waals surface area contributed by atoms with Crippen LogP contribution in [0.2, 0.25) is 0 Å². The van der Waals surface area contributed by atoms with Crippen LogP contribution in [0.15, 0.2) is 46.2 Å². The van der Waals surface area contributed by atoms with Crippen molar-refractivity contribution in [3.63, 3.8) is 0 Å². The zero-order valence-corrected chi connectivity index (χ0v) is 17.7. The normalized spacial score (nSPS) is 27.0. The molecule has 0 bridgehead atoms. The highest BCUT2D eigenvalue weighted by molar-refractivity contribution is 7.59. The van der Waals surface area contributed by atoms with E-state index in [0.717, 1.165) is 21.4 Å². The first-order chi connectivity index (χ1) is 14.9. The highest BCUT2D eigenvalue weighted by Gasteiger charge is 2.45. The van der Waals surface area contributed by atoms with E-state index in [1.807, 2.05) is 0 Å². The summed E-state index contributed by atoms with van der Waals surface area (Å²) in [5.41, 5.74) is -1.18. The fourth-order valence-electron chi connectivity index (χ4n) is 2.94. The van der Waals surface area contributed by atoms with E-state index in [2.05, 4.69) is 13.8 Å². The molecule has 0 amide bonds. The molecule has 17 heteroatoms. The number of hydrogen-bond acceptors (Lipinski definition) is 12. The summed E-state index contributed by atoms with van der Waals surface area (Å²) in [4.78, 5) is 59.4. The van der Waals surface area contributed by atoms with Crippen LogP contribution in [0, 0.1) is 0 Å². The average Bonchev–Trinajstić information content (AvgIpc) is 2.97. The maximum atomic E-state index is 12.8. The molecule has 0 radical (unpaired) electrons. The minimum atomic E-state index is -5.67. The number of hydrogen-bond donors (Lipinski definition) is 3. The summed E-state index contributed by atoms with van der Waals surface area (Å²) in [6, 6.07) is 5.89. The molecule has 1 aliphatic rings. The van der Waals surface area contributed by atoms with Gasteiger partial charge in [-0.2, -0.15) is 0 Å². The molecule has 0 aromatic carbocycles. The second-order valence-corrected chi connectivity index (χ2v) is 9.33. The van der Waals surface area contributed by atoms with Crippen molar-refractivity contribution in [3.8, 4) is 0 Å². The van der Waals surface area contributed by atoms with Crippen molar-refractivity contribution in [2.45, 2.75) is 31.1 Å². The van der Waals surface area contributed by atoms with Crippen molar-refractivity contribution in [2.75, 3.05) is 6.61 Å². The van der Waals surface area contributed by atoms with E-state index in [1.54, 1.807) is 18.2 Å². The largest absolute Gasteiger partial charge is 0.756 e. The first kappa shape index (κ1) is 24.6. The summed E-state index contributed by atoms with van der Waals surface area (Å²) < 4.78 is 36.5. The molecular formula is C15H17N3O12P2-2. The van der Waals surface area contributed by atoms with E-state index in [9.17, 15) is 38.7 Å². The molecule has 3 heterocycles. The molecule has 0 saturated carbocycles. The van der Waals surface area contributed by atoms with Gasteiger partial charge in [-0.05, 0) is 12.1 Å². The van der Waals surface area contributed by atoms with Crippen LogP contribution in [0.1, 0.15) is 11.9 Å². The van der Waals surface area contributed by atoms with Crippen molar-refractivity contribution in [2.24, 2.45) is 0 Å². The molecule has 0 aliphatic carbocycles. The Balaban J connectivity index is 1.79. The number of ether oxygens (including phenoxy) is 1. The topological polar surface area (TPSA) is 226 Å². The van der Waals surface area contributed by atoms with Gasteiger partial charge in [0.1, 0.15) is 18.3 Å². The lowest BCUT2D eigenvalue weighted by Crippen LogP contribution is -2.43. The van der Waals surface area contributed by atoms with Crippen LogP contribution in [0.4, 0.5) is 0 Å². The predicted octanol–water partition coefficient (Wildman–Crippen LogP) is -2.97. The van der Waals surface area contributed by atoms with Crippen molar-refractivity contribution < 1.29 is 47.6 Å². The SMILES string of the molecule is O=c1ccn(C2OC(COP(=O)([O-])OP(=O)([O-])O)C(O)[C@@H]2O)c(=O)n1Cc1ccccn1. The Kier molecular flexibility index (Phi) is 7.27. The first-order valence-electron chi connectivity index (χ1n) is 8.82. The number of aliphatic hydroxyl groups is 2. The Morgan fingerprint density at radius 3 is 2.50 bits per heavy atom. The van der Waals surface area contributed by atoms with Crippen molar-refractivity contribution in [3.05, 3.63) is 63.2 Å². The average molecular weight is 493 g/mol. The molecule has 1 fully saturated rings. The fraction of sp³-hybridized carbons (Fsp3) is 0.400. The standard InChI is InChI=1S/C15H19N3O12P2/c19-11-4-6-17(15(22)18(11)7-9-3-1-2-5-16-9)14-13(21)12(20)10(29-14)8-28-32(26,27)30-31(23,24)25/h1-6,10,12-14,20-21H,7-8H2,(H,26,27)(H2,23,24,25)/p-2/t10?,12?,13-,14?/m0/s1. The highest BCUT2D eigenvalue weighted by atomic mass is 31.3. The van der Waals surface area contributed by atoms with Gasteiger partial charge in [-0.1, -0.05) is 6.07 Å². The van der Waals surface area contributed by atoms with Crippen LogP contribution in [-0.2, 0) is 29.2 Å². The molecule has 15 nitrogen and oxygen atoms in total. The zero-order valence-electron chi connectivity index (χ0n) is 15.9. The molecule has 5 unspecified atom stereocenters. The van der Waals surface area contributed by atoms with Crippen LogP contribution < -0.4 is 21.0 Å². The van der Waals surface area contributed by atoms with Crippen molar-refractivity contribution in [1.29, 1.82) is 0 Å². The number of pyridine rings is 1. The fourth-order valence-corrected chi connectivity index (χ4v) is 4.46. The molecule has 3 N–H and O–H groups in total. The van der Waals surface area contributed by atoms with Crippen LogP contribution in [-0.4, -0.2) is 54.1 Å². The molecule has 2 aromatic rings. The third kappa shape index (κ3) is 5.85. The van der Waals surface area contributed by atoms with E-state index in [0.29, 0.717) is 5.69 Å². The third-order valence-electron chi connectivity index (χ3n) is 4.35. The second-order valence-electron chi connectivity index (χ2n) is 6.59. The lowest BCUT2D eigenvalue weighted by molar-refractivity contribution is -0.242. The summed E-state index contributed by atoms with van der Waals surface area (Å²) in [6.07, 6.45) is -4.13. The zero-order chi connectivity index (χ0) is 23.7. The maximum absolute atomic E-state index is 12.8. The van der Waals surface area contributed by atoms with E-state index < -0.39 is 58.0 Å². The number of aliphatic hydroxyl groups excluding tert-OH is 2. The van der Waals surface area contributed by atoms with Gasteiger partial charge in [0.25, 0.3) is 21.2 Å². The lowest BCUT2D eigenvalue weighted by Gasteiger charge is -2.28. The Bertz CT molecular complexity index is 1160. The summed E-state index contributed by atoms with van der Waals surface area (Å²) in [5.74, 6) is 0. The van der Waals surface area contributed by atoms with Gasteiger partial charge in [-0.25, -0.2) is 9.11 Å². The summed E-state index contributed by atoms with van der Waals surface area (Å²) in [5, 5.41) is 20.4. The maximum Gasteiger partial charge on any atom is 0.333 e. The molecular weight excluding hydrogens is 476 g/mol. The van der Waals surface area contributed by atoms with E-state index >= 15 is 0 Å². The summed E-state index contributed by atoms with van der Waals surface area (Å²) >= 11 is 0. The first-order valence-corrected chi connectivity index (χ1v) is 11.8. The highest BCUT2D eigenvalue weighted by Crippen LogP contribution is 2.52. The molecule has 1 aliphatic heterocycles. The Morgan fingerprint density at radius 1 is 1.16 bits per heavy atom. The number of phosphoric ester groups is 1. The molecule has 176 valence electrons. The van der Waals surface area contributed by atoms with Crippen molar-refractivity contribution in [1.82, 2.24) is 14.1 Å². The quantitative estimate of drug-likeness (QED) is 0.313. The second kappa shape index (κ2) is 9.45. The van der Waals surface area contributed by atoms with Crippen LogP contribution in [0.3, 0.4) is 0 Å². The molecule has 2 aromatic heterocycles. The Morgan fingerprint density at radius 2 is 1.88 bits per heavy atom. The summed E-state index contributed by atoms with van der Waals surface area (Å²) in [6.45, 7) is -1.21. The predicted molar refractivity (Wildman–Crippen MR) is 98.7 cm³/mol. The van der Waals surface area contributed by atoms with Gasteiger partial charge in [0.2, 0.25) is 0 Å². The van der Waals surface area contributed by atoms with Gasteiger partial charge in [0.15, 0.2) is 6.23 Å². The minimum absolute atomic E-state index is 0.190. The summed E-state index contributed by atoms with van der Waals surface area (Å²) in [7, 11) is -11.2. The smallest absolute Gasteiger partial charge is 0.333 e. The number of phosphoric acid groups is 2. The molecule has 32 heavy (non-hydrogen) atoms. The van der Waals surface area contributed by atoms with Crippen molar-refractivity contribution >= 4 is 15.6 Å². The monoisotopic (exact) mass is 493 g/mol. The lowest BCUT2D eigenvalue weighted by atomic mass is 10.1. The molecule has 6 atom stereocenters. The van der Waals surface area contributed by atoms with Gasteiger partial charge in [0, 0.05) is 18.5 Å². The Hall–Kier alpha value is -2.03. The molecule has 3 rings (SSSR count).